The number of carboxylic acid groups (broad SMARTS) is 1. The molecular weight excluding hydrogens is 374 g/mol. The maximum absolute atomic E-state index is 12.8. The van der Waals surface area contributed by atoms with Crippen LogP contribution in [0.4, 0.5) is 0 Å². The molecule has 1 aromatic heterocycles. The topological polar surface area (TPSA) is 98.0 Å². The van der Waals surface area contributed by atoms with Crippen molar-refractivity contribution < 1.29 is 28.6 Å². The number of amides is 1. The highest BCUT2D eigenvalue weighted by Gasteiger charge is 2.22. The van der Waals surface area contributed by atoms with Crippen molar-refractivity contribution in [3.8, 4) is 11.5 Å². The molecule has 0 aliphatic carbocycles. The highest BCUT2D eigenvalue weighted by molar-refractivity contribution is 5.96. The molecule has 1 unspecified atom stereocenters. The summed E-state index contributed by atoms with van der Waals surface area (Å²) in [7, 11) is 3.00. The number of fused-ring (bicyclic) bond motifs is 1. The number of methoxy groups -OCH3 is 2. The van der Waals surface area contributed by atoms with Crippen LogP contribution in [-0.2, 0) is 4.79 Å². The lowest BCUT2D eigenvalue weighted by Gasteiger charge is -2.18. The molecule has 1 amide bonds. The monoisotopic (exact) mass is 397 g/mol. The highest BCUT2D eigenvalue weighted by Crippen LogP contribution is 2.31. The standard InChI is InChI=1S/C22H23NO6/c1-12-7-15-10-20(29-18(15)8-13(12)2)22(26)23-16(11-21(24)25)14-5-6-17(27-3)19(9-14)28-4/h5-10,16H,11H2,1-4H3,(H,23,26)(H,24,25). The minimum atomic E-state index is -1.04. The Kier molecular flexibility index (Phi) is 5.77. The molecule has 0 aliphatic rings. The largest absolute Gasteiger partial charge is 0.493 e. The number of hydrogen-bond donors (Lipinski definition) is 2. The second kappa shape index (κ2) is 8.26. The Bertz CT molecular complexity index is 1030. The van der Waals surface area contributed by atoms with Crippen LogP contribution < -0.4 is 14.8 Å². The number of nitrogens with one attached hydrogen (secondary N) is 1. The summed E-state index contributed by atoms with van der Waals surface area (Å²) in [6.45, 7) is 3.96. The summed E-state index contributed by atoms with van der Waals surface area (Å²) >= 11 is 0. The fraction of sp³-hybridized carbons (Fsp3) is 0.273. The van der Waals surface area contributed by atoms with Gasteiger partial charge < -0.3 is 24.3 Å². The van der Waals surface area contributed by atoms with Gasteiger partial charge in [-0.1, -0.05) is 6.07 Å². The van der Waals surface area contributed by atoms with E-state index in [-0.39, 0.29) is 12.2 Å². The molecule has 3 aromatic rings. The minimum absolute atomic E-state index is 0.126. The minimum Gasteiger partial charge on any atom is -0.493 e. The smallest absolute Gasteiger partial charge is 0.305 e. The number of furan rings is 1. The van der Waals surface area contributed by atoms with Gasteiger partial charge in [-0.15, -0.1) is 0 Å². The molecule has 0 saturated carbocycles. The number of rotatable bonds is 7. The van der Waals surface area contributed by atoms with E-state index in [4.69, 9.17) is 13.9 Å². The van der Waals surface area contributed by atoms with E-state index < -0.39 is 17.9 Å². The van der Waals surface area contributed by atoms with E-state index in [9.17, 15) is 14.7 Å². The summed E-state index contributed by atoms with van der Waals surface area (Å²) in [5.74, 6) is -0.441. The highest BCUT2D eigenvalue weighted by atomic mass is 16.5. The van der Waals surface area contributed by atoms with Gasteiger partial charge in [0.05, 0.1) is 26.7 Å². The molecule has 3 rings (SSSR count). The quantitative estimate of drug-likeness (QED) is 0.625. The molecule has 1 heterocycles. The third-order valence-electron chi connectivity index (χ3n) is 4.85. The average Bonchev–Trinajstić information content (AvgIpc) is 3.09. The third kappa shape index (κ3) is 4.34. The Hall–Kier alpha value is -3.48. The molecule has 152 valence electrons. The van der Waals surface area contributed by atoms with Crippen molar-refractivity contribution in [2.45, 2.75) is 26.3 Å². The fourth-order valence-electron chi connectivity index (χ4n) is 3.14. The zero-order valence-corrected chi connectivity index (χ0v) is 16.7. The van der Waals surface area contributed by atoms with Crippen LogP contribution in [0, 0.1) is 13.8 Å². The molecule has 0 bridgehead atoms. The van der Waals surface area contributed by atoms with Gasteiger partial charge >= 0.3 is 5.97 Å². The van der Waals surface area contributed by atoms with Gasteiger partial charge in [0.15, 0.2) is 17.3 Å². The molecule has 0 aliphatic heterocycles. The summed E-state index contributed by atoms with van der Waals surface area (Å²) in [4.78, 5) is 24.1. The fourth-order valence-corrected chi connectivity index (χ4v) is 3.14. The predicted molar refractivity (Wildman–Crippen MR) is 108 cm³/mol. The molecule has 7 heteroatoms. The average molecular weight is 397 g/mol. The van der Waals surface area contributed by atoms with Gasteiger partial charge in [-0.3, -0.25) is 9.59 Å². The lowest BCUT2D eigenvalue weighted by Crippen LogP contribution is -2.30. The van der Waals surface area contributed by atoms with Crippen LogP contribution in [0.25, 0.3) is 11.0 Å². The maximum Gasteiger partial charge on any atom is 0.305 e. The van der Waals surface area contributed by atoms with E-state index in [2.05, 4.69) is 5.32 Å². The van der Waals surface area contributed by atoms with Crippen molar-refractivity contribution in [2.75, 3.05) is 14.2 Å². The number of benzene rings is 2. The van der Waals surface area contributed by atoms with E-state index in [1.165, 1.54) is 14.2 Å². The van der Waals surface area contributed by atoms with E-state index in [0.29, 0.717) is 22.6 Å². The summed E-state index contributed by atoms with van der Waals surface area (Å²) in [6.07, 6.45) is -0.292. The SMILES string of the molecule is COc1ccc(C(CC(=O)O)NC(=O)c2cc3cc(C)c(C)cc3o2)cc1OC. The van der Waals surface area contributed by atoms with Crippen molar-refractivity contribution in [3.05, 3.63) is 58.8 Å². The van der Waals surface area contributed by atoms with Gasteiger partial charge in [-0.05, 0) is 60.9 Å². The number of carbonyl (C=O) groups excluding carboxylic acids is 1. The van der Waals surface area contributed by atoms with Crippen molar-refractivity contribution in [1.29, 1.82) is 0 Å². The van der Waals surface area contributed by atoms with Gasteiger partial charge in [0.25, 0.3) is 5.91 Å². The number of aliphatic carboxylic acids is 1. The van der Waals surface area contributed by atoms with Gasteiger partial charge in [-0.25, -0.2) is 0 Å². The zero-order valence-electron chi connectivity index (χ0n) is 16.7. The third-order valence-corrected chi connectivity index (χ3v) is 4.85. The lowest BCUT2D eigenvalue weighted by atomic mass is 10.0. The summed E-state index contributed by atoms with van der Waals surface area (Å²) in [6, 6.07) is 9.74. The Morgan fingerprint density at radius 3 is 2.38 bits per heavy atom. The van der Waals surface area contributed by atoms with E-state index in [1.807, 2.05) is 26.0 Å². The van der Waals surface area contributed by atoms with Crippen LogP contribution in [0.15, 0.2) is 40.8 Å². The molecule has 7 nitrogen and oxygen atoms in total. The lowest BCUT2D eigenvalue weighted by molar-refractivity contribution is -0.137. The number of carbonyl (C=O) groups is 2. The van der Waals surface area contributed by atoms with Crippen LogP contribution in [0.1, 0.15) is 39.7 Å². The summed E-state index contributed by atoms with van der Waals surface area (Å²) in [5.41, 5.74) is 3.35. The van der Waals surface area contributed by atoms with Gasteiger partial charge in [0.1, 0.15) is 5.58 Å². The maximum atomic E-state index is 12.8. The van der Waals surface area contributed by atoms with Gasteiger partial charge in [0, 0.05) is 5.39 Å². The molecule has 29 heavy (non-hydrogen) atoms. The first-order valence-corrected chi connectivity index (χ1v) is 9.07. The molecule has 2 aromatic carbocycles. The summed E-state index contributed by atoms with van der Waals surface area (Å²) < 4.78 is 16.2. The molecule has 1 atom stereocenters. The first-order valence-electron chi connectivity index (χ1n) is 9.07. The van der Waals surface area contributed by atoms with E-state index in [1.54, 1.807) is 24.3 Å². The van der Waals surface area contributed by atoms with Crippen LogP contribution in [0.3, 0.4) is 0 Å². The first-order chi connectivity index (χ1) is 13.8. The first kappa shape index (κ1) is 20.3. The van der Waals surface area contributed by atoms with Crippen molar-refractivity contribution in [1.82, 2.24) is 5.32 Å². The summed E-state index contributed by atoms with van der Waals surface area (Å²) in [5, 5.41) is 12.9. The molecule has 2 N–H and O–H groups in total. The van der Waals surface area contributed by atoms with E-state index >= 15 is 0 Å². The Morgan fingerprint density at radius 2 is 1.72 bits per heavy atom. The zero-order chi connectivity index (χ0) is 21.1. The van der Waals surface area contributed by atoms with Crippen LogP contribution in [0.5, 0.6) is 11.5 Å². The van der Waals surface area contributed by atoms with Crippen molar-refractivity contribution in [2.24, 2.45) is 0 Å². The molecule has 0 saturated heterocycles. The molecule has 0 radical (unpaired) electrons. The second-order valence-corrected chi connectivity index (χ2v) is 6.82. The van der Waals surface area contributed by atoms with E-state index in [0.717, 1.165) is 16.5 Å². The van der Waals surface area contributed by atoms with Gasteiger partial charge in [-0.2, -0.15) is 0 Å². The van der Waals surface area contributed by atoms with Crippen LogP contribution in [-0.4, -0.2) is 31.2 Å². The number of aryl methyl sites for hydroxylation is 2. The number of carboxylic acids is 1. The van der Waals surface area contributed by atoms with Gasteiger partial charge in [0.2, 0.25) is 0 Å². The molecule has 0 spiro atoms. The molecular formula is C22H23NO6. The Morgan fingerprint density at radius 1 is 1.03 bits per heavy atom. The van der Waals surface area contributed by atoms with Crippen LogP contribution >= 0.6 is 0 Å². The van der Waals surface area contributed by atoms with Crippen LogP contribution in [0.2, 0.25) is 0 Å². The number of hydrogen-bond acceptors (Lipinski definition) is 5. The predicted octanol–water partition coefficient (Wildman–Crippen LogP) is 4.01. The Balaban J connectivity index is 1.90. The normalized spacial score (nSPS) is 11.9. The Labute approximate surface area is 168 Å². The van der Waals surface area contributed by atoms with Crippen molar-refractivity contribution >= 4 is 22.8 Å². The van der Waals surface area contributed by atoms with Crippen molar-refractivity contribution in [3.63, 3.8) is 0 Å². The molecule has 0 fully saturated rings. The second-order valence-electron chi connectivity index (χ2n) is 6.82. The number of ether oxygens (including phenoxy) is 2.